The Bertz CT molecular complexity index is 196. The van der Waals surface area contributed by atoms with E-state index in [0.29, 0.717) is 6.61 Å². The van der Waals surface area contributed by atoms with Crippen molar-refractivity contribution in [1.82, 2.24) is 0 Å². The molecule has 1 aromatic carbocycles. The molecule has 0 atom stereocenters. The Morgan fingerprint density at radius 2 is 2.00 bits per heavy atom. The Morgan fingerprint density at radius 3 is 2.17 bits per heavy atom. The van der Waals surface area contributed by atoms with Gasteiger partial charge in [0.1, 0.15) is 0 Å². The van der Waals surface area contributed by atoms with E-state index in [4.69, 9.17) is 11.6 Å². The van der Waals surface area contributed by atoms with Gasteiger partial charge < -0.3 is 4.74 Å². The van der Waals surface area contributed by atoms with Crippen molar-refractivity contribution in [2.45, 2.75) is 0 Å². The Hall–Kier alpha value is -0.790. The summed E-state index contributed by atoms with van der Waals surface area (Å²) in [5.41, 5.74) is 0. The topological polar surface area (TPSA) is 9.23 Å². The first-order valence-electron chi connectivity index (χ1n) is 3.61. The minimum absolute atomic E-state index is 0.653. The van der Waals surface area contributed by atoms with Gasteiger partial charge in [-0.2, -0.15) is 0 Å². The second-order valence-corrected chi connectivity index (χ2v) is 2.48. The number of hydrogen-bond acceptors (Lipinski definition) is 1. The Kier molecular flexibility index (Phi) is 7.76. The fourth-order valence-corrected chi connectivity index (χ4v) is 0.678. The average Bonchev–Trinajstić information content (AvgIpc) is 2.08. The molecule has 12 heavy (non-hydrogen) atoms. The fraction of sp³-hybridized carbons (Fsp3) is 0.200. The smallest absolute Gasteiger partial charge is 0.0641 e. The predicted octanol–water partition coefficient (Wildman–Crippen LogP) is 3.16. The van der Waals surface area contributed by atoms with E-state index in [9.17, 15) is 0 Å². The molecule has 0 amide bonds. The summed E-state index contributed by atoms with van der Waals surface area (Å²) >= 11 is 5.54. The van der Waals surface area contributed by atoms with Crippen molar-refractivity contribution in [2.75, 3.05) is 13.7 Å². The SMILES string of the molecule is C=CCOC.Clc1ccccc1. The summed E-state index contributed by atoms with van der Waals surface area (Å²) in [6.07, 6.45) is 1.71. The van der Waals surface area contributed by atoms with Crippen LogP contribution >= 0.6 is 11.6 Å². The van der Waals surface area contributed by atoms with E-state index in [2.05, 4.69) is 11.3 Å². The molecular formula is C10H13ClO. The molecule has 0 radical (unpaired) electrons. The lowest BCUT2D eigenvalue weighted by atomic mass is 10.4. The molecule has 0 fully saturated rings. The van der Waals surface area contributed by atoms with Crippen LogP contribution in [0.5, 0.6) is 0 Å². The molecule has 0 N–H and O–H groups in total. The van der Waals surface area contributed by atoms with Crippen molar-refractivity contribution in [3.63, 3.8) is 0 Å². The molecule has 1 rings (SSSR count). The quantitative estimate of drug-likeness (QED) is 0.642. The first-order chi connectivity index (χ1) is 5.81. The number of ether oxygens (including phenoxy) is 1. The van der Waals surface area contributed by atoms with Crippen LogP contribution in [0, 0.1) is 0 Å². The van der Waals surface area contributed by atoms with E-state index in [1.54, 1.807) is 13.2 Å². The van der Waals surface area contributed by atoms with Crippen molar-refractivity contribution in [2.24, 2.45) is 0 Å². The minimum atomic E-state index is 0.653. The third-order valence-electron chi connectivity index (χ3n) is 1.02. The van der Waals surface area contributed by atoms with Crippen LogP contribution in [0.3, 0.4) is 0 Å². The average molecular weight is 185 g/mol. The summed E-state index contributed by atoms with van der Waals surface area (Å²) < 4.78 is 4.57. The summed E-state index contributed by atoms with van der Waals surface area (Å²) in [5, 5.41) is 0.794. The van der Waals surface area contributed by atoms with Crippen molar-refractivity contribution in [3.05, 3.63) is 48.0 Å². The van der Waals surface area contributed by atoms with Gasteiger partial charge in [-0.05, 0) is 12.1 Å². The lowest BCUT2D eigenvalue weighted by molar-refractivity contribution is 0.234. The minimum Gasteiger partial charge on any atom is -0.381 e. The van der Waals surface area contributed by atoms with Gasteiger partial charge in [-0.25, -0.2) is 0 Å². The third kappa shape index (κ3) is 7.32. The highest BCUT2D eigenvalue weighted by molar-refractivity contribution is 6.30. The maximum atomic E-state index is 5.54. The second-order valence-electron chi connectivity index (χ2n) is 2.04. The summed E-state index contributed by atoms with van der Waals surface area (Å²) in [6.45, 7) is 4.08. The number of rotatable bonds is 2. The molecule has 1 aromatic rings. The standard InChI is InChI=1S/C6H5Cl.C4H8O/c7-6-4-2-1-3-5-6;1-3-4-5-2/h1-5H;3H,1,4H2,2H3. The molecule has 66 valence electrons. The molecule has 0 aliphatic carbocycles. The van der Waals surface area contributed by atoms with Crippen molar-refractivity contribution >= 4 is 11.6 Å². The molecule has 0 aliphatic heterocycles. The van der Waals surface area contributed by atoms with Gasteiger partial charge in [0.25, 0.3) is 0 Å². The number of benzene rings is 1. The van der Waals surface area contributed by atoms with Crippen LogP contribution in [0.4, 0.5) is 0 Å². The monoisotopic (exact) mass is 184 g/mol. The maximum Gasteiger partial charge on any atom is 0.0641 e. The zero-order chi connectivity index (χ0) is 9.23. The maximum absolute atomic E-state index is 5.54. The van der Waals surface area contributed by atoms with Gasteiger partial charge >= 0.3 is 0 Å². The second kappa shape index (κ2) is 8.31. The van der Waals surface area contributed by atoms with Crippen LogP contribution in [-0.4, -0.2) is 13.7 Å². The van der Waals surface area contributed by atoms with E-state index in [0.717, 1.165) is 5.02 Å². The normalized spacial score (nSPS) is 8.17. The summed E-state index contributed by atoms with van der Waals surface area (Å²) in [6, 6.07) is 9.44. The van der Waals surface area contributed by atoms with E-state index >= 15 is 0 Å². The zero-order valence-corrected chi connectivity index (χ0v) is 7.92. The molecular weight excluding hydrogens is 172 g/mol. The molecule has 0 unspecified atom stereocenters. The van der Waals surface area contributed by atoms with E-state index < -0.39 is 0 Å². The van der Waals surface area contributed by atoms with Crippen LogP contribution in [-0.2, 0) is 4.74 Å². The highest BCUT2D eigenvalue weighted by atomic mass is 35.5. The lowest BCUT2D eigenvalue weighted by Gasteiger charge is -1.80. The van der Waals surface area contributed by atoms with Crippen molar-refractivity contribution in [1.29, 1.82) is 0 Å². The van der Waals surface area contributed by atoms with Gasteiger partial charge in [0.2, 0.25) is 0 Å². The molecule has 0 heterocycles. The highest BCUT2D eigenvalue weighted by Gasteiger charge is 1.74. The van der Waals surface area contributed by atoms with Crippen LogP contribution in [0.25, 0.3) is 0 Å². The Balaban J connectivity index is 0.000000217. The summed E-state index contributed by atoms with van der Waals surface area (Å²) in [4.78, 5) is 0. The molecule has 0 spiro atoms. The van der Waals surface area contributed by atoms with Crippen LogP contribution < -0.4 is 0 Å². The summed E-state index contributed by atoms with van der Waals surface area (Å²) in [7, 11) is 1.64. The van der Waals surface area contributed by atoms with Gasteiger partial charge in [0, 0.05) is 12.1 Å². The molecule has 0 saturated carbocycles. The Morgan fingerprint density at radius 1 is 1.42 bits per heavy atom. The number of hydrogen-bond donors (Lipinski definition) is 0. The molecule has 1 nitrogen and oxygen atoms in total. The zero-order valence-electron chi connectivity index (χ0n) is 7.16. The van der Waals surface area contributed by atoms with Crippen LogP contribution in [0.15, 0.2) is 43.0 Å². The van der Waals surface area contributed by atoms with Gasteiger partial charge in [-0.1, -0.05) is 35.9 Å². The van der Waals surface area contributed by atoms with E-state index in [1.807, 2.05) is 30.3 Å². The fourth-order valence-electron chi connectivity index (χ4n) is 0.533. The molecule has 0 aromatic heterocycles. The van der Waals surface area contributed by atoms with Gasteiger partial charge in [0.15, 0.2) is 0 Å². The third-order valence-corrected chi connectivity index (χ3v) is 1.27. The predicted molar refractivity (Wildman–Crippen MR) is 53.5 cm³/mol. The van der Waals surface area contributed by atoms with E-state index in [1.165, 1.54) is 0 Å². The molecule has 0 saturated heterocycles. The van der Waals surface area contributed by atoms with Gasteiger partial charge in [0.05, 0.1) is 6.61 Å². The van der Waals surface area contributed by atoms with Crippen LogP contribution in [0.2, 0.25) is 5.02 Å². The lowest BCUT2D eigenvalue weighted by Crippen LogP contribution is -1.76. The van der Waals surface area contributed by atoms with Crippen molar-refractivity contribution in [3.8, 4) is 0 Å². The summed E-state index contributed by atoms with van der Waals surface area (Å²) in [5.74, 6) is 0. The highest BCUT2D eigenvalue weighted by Crippen LogP contribution is 2.03. The number of halogens is 1. The Labute approximate surface area is 78.6 Å². The van der Waals surface area contributed by atoms with Gasteiger partial charge in [-0.15, -0.1) is 6.58 Å². The molecule has 0 bridgehead atoms. The largest absolute Gasteiger partial charge is 0.381 e. The molecule has 0 aliphatic rings. The van der Waals surface area contributed by atoms with Gasteiger partial charge in [-0.3, -0.25) is 0 Å². The van der Waals surface area contributed by atoms with E-state index in [-0.39, 0.29) is 0 Å². The first kappa shape index (κ1) is 11.2. The molecule has 2 heteroatoms. The number of methoxy groups -OCH3 is 1. The first-order valence-corrected chi connectivity index (χ1v) is 3.99. The van der Waals surface area contributed by atoms with Crippen LogP contribution in [0.1, 0.15) is 0 Å². The van der Waals surface area contributed by atoms with Crippen molar-refractivity contribution < 1.29 is 4.74 Å².